The molecule has 0 radical (unpaired) electrons. The Balaban J connectivity index is 1.72. The van der Waals surface area contributed by atoms with Crippen molar-refractivity contribution in [1.82, 2.24) is 15.3 Å². The van der Waals surface area contributed by atoms with Crippen LogP contribution < -0.4 is 14.8 Å². The van der Waals surface area contributed by atoms with E-state index in [1.807, 2.05) is 12.1 Å². The predicted molar refractivity (Wildman–Crippen MR) is 73.8 cm³/mol. The van der Waals surface area contributed by atoms with Crippen molar-refractivity contribution in [3.63, 3.8) is 0 Å². The molecule has 106 valence electrons. The van der Waals surface area contributed by atoms with Gasteiger partial charge >= 0.3 is 0 Å². The smallest absolute Gasteiger partial charge is 0.257 e. The van der Waals surface area contributed by atoms with Crippen LogP contribution in [0.4, 0.5) is 0 Å². The van der Waals surface area contributed by atoms with Crippen molar-refractivity contribution in [2.75, 3.05) is 20.3 Å². The number of benzene rings is 1. The zero-order chi connectivity index (χ0) is 14.2. The molecule has 0 unspecified atom stereocenters. The van der Waals surface area contributed by atoms with Gasteiger partial charge in [-0.15, -0.1) is 0 Å². The Bertz CT molecular complexity index is 540. The highest BCUT2D eigenvalue weighted by Crippen LogP contribution is 2.25. The molecule has 2 N–H and O–H groups in total. The van der Waals surface area contributed by atoms with Crippen LogP contribution in [0.15, 0.2) is 36.7 Å². The number of ether oxygens (including phenoxy) is 2. The molecule has 6 heteroatoms. The van der Waals surface area contributed by atoms with E-state index in [2.05, 4.69) is 15.3 Å². The first-order valence-corrected chi connectivity index (χ1v) is 6.30. The summed E-state index contributed by atoms with van der Waals surface area (Å²) >= 11 is 0. The quantitative estimate of drug-likeness (QED) is 0.795. The number of rotatable bonds is 7. The predicted octanol–water partition coefficient (Wildman–Crippen LogP) is 1.16. The third-order valence-corrected chi connectivity index (χ3v) is 2.67. The fraction of sp³-hybridized carbons (Fsp3) is 0.286. The molecule has 1 heterocycles. The normalized spacial score (nSPS) is 10.1. The fourth-order valence-corrected chi connectivity index (χ4v) is 1.69. The number of nitrogens with one attached hydrogen (secondary N) is 2. The van der Waals surface area contributed by atoms with Gasteiger partial charge in [0.25, 0.3) is 5.91 Å². The van der Waals surface area contributed by atoms with Gasteiger partial charge in [0.05, 0.1) is 7.11 Å². The summed E-state index contributed by atoms with van der Waals surface area (Å²) in [6.07, 6.45) is 4.09. The minimum atomic E-state index is -0.178. The van der Waals surface area contributed by atoms with Gasteiger partial charge in [-0.25, -0.2) is 4.98 Å². The van der Waals surface area contributed by atoms with Crippen molar-refractivity contribution in [2.24, 2.45) is 0 Å². The molecule has 0 spiro atoms. The lowest BCUT2D eigenvalue weighted by Crippen LogP contribution is -2.30. The number of carbonyl (C=O) groups excluding carboxylic acids is 1. The largest absolute Gasteiger partial charge is 0.493 e. The number of nitrogens with zero attached hydrogens (tertiary/aromatic N) is 1. The highest BCUT2D eigenvalue weighted by molar-refractivity contribution is 5.77. The first kappa shape index (κ1) is 13.9. The number of methoxy groups -OCH3 is 1. The standard InChI is InChI=1S/C14H17N3O3/c1-19-11-4-2-3-5-12(11)20-10-14(18)17-7-6-13-15-8-9-16-13/h2-5,8-9H,6-7,10H2,1H3,(H,15,16)(H,17,18). The van der Waals surface area contributed by atoms with E-state index < -0.39 is 0 Å². The highest BCUT2D eigenvalue weighted by atomic mass is 16.5. The summed E-state index contributed by atoms with van der Waals surface area (Å²) in [5, 5.41) is 2.76. The van der Waals surface area contributed by atoms with Crippen molar-refractivity contribution in [1.29, 1.82) is 0 Å². The molecule has 2 rings (SSSR count). The second-order valence-electron chi connectivity index (χ2n) is 4.08. The third-order valence-electron chi connectivity index (χ3n) is 2.67. The molecule has 2 aromatic rings. The second-order valence-corrected chi connectivity index (χ2v) is 4.08. The van der Waals surface area contributed by atoms with Gasteiger partial charge in [-0.05, 0) is 12.1 Å². The number of hydrogen-bond donors (Lipinski definition) is 2. The Morgan fingerprint density at radius 1 is 1.35 bits per heavy atom. The summed E-state index contributed by atoms with van der Waals surface area (Å²) in [5.74, 6) is 1.82. The first-order chi connectivity index (χ1) is 9.79. The van der Waals surface area contributed by atoms with Crippen LogP contribution in [0.25, 0.3) is 0 Å². The van der Waals surface area contributed by atoms with Crippen LogP contribution in [0.3, 0.4) is 0 Å². The maximum absolute atomic E-state index is 11.6. The minimum Gasteiger partial charge on any atom is -0.493 e. The van der Waals surface area contributed by atoms with Crippen LogP contribution >= 0.6 is 0 Å². The molecule has 0 saturated heterocycles. The van der Waals surface area contributed by atoms with Crippen molar-refractivity contribution in [3.05, 3.63) is 42.5 Å². The summed E-state index contributed by atoms with van der Waals surface area (Å²) < 4.78 is 10.6. The van der Waals surface area contributed by atoms with Crippen LogP contribution in [0.5, 0.6) is 11.5 Å². The molecule has 0 fully saturated rings. The lowest BCUT2D eigenvalue weighted by Gasteiger charge is -2.10. The lowest BCUT2D eigenvalue weighted by atomic mass is 10.3. The Labute approximate surface area is 117 Å². The van der Waals surface area contributed by atoms with Crippen molar-refractivity contribution >= 4 is 5.91 Å². The lowest BCUT2D eigenvalue weighted by molar-refractivity contribution is -0.123. The first-order valence-electron chi connectivity index (χ1n) is 6.30. The Hall–Kier alpha value is -2.50. The van der Waals surface area contributed by atoms with E-state index in [0.717, 1.165) is 5.82 Å². The van der Waals surface area contributed by atoms with Crippen LogP contribution in [0.1, 0.15) is 5.82 Å². The van der Waals surface area contributed by atoms with Crippen LogP contribution in [-0.2, 0) is 11.2 Å². The molecule has 0 aliphatic rings. The summed E-state index contributed by atoms with van der Waals surface area (Å²) in [7, 11) is 1.56. The summed E-state index contributed by atoms with van der Waals surface area (Å²) in [5.41, 5.74) is 0. The molecule has 0 saturated carbocycles. The van der Waals surface area contributed by atoms with Gasteiger partial charge in [0.15, 0.2) is 18.1 Å². The van der Waals surface area contributed by atoms with Gasteiger partial charge in [0.1, 0.15) is 5.82 Å². The molecule has 0 aliphatic heterocycles. The van der Waals surface area contributed by atoms with Crippen LogP contribution in [0, 0.1) is 0 Å². The molecule has 0 aliphatic carbocycles. The molecule has 1 amide bonds. The number of imidazole rings is 1. The summed E-state index contributed by atoms with van der Waals surface area (Å²) in [6, 6.07) is 7.21. The zero-order valence-corrected chi connectivity index (χ0v) is 11.3. The van der Waals surface area contributed by atoms with E-state index in [-0.39, 0.29) is 12.5 Å². The molecule has 0 atom stereocenters. The topological polar surface area (TPSA) is 76.2 Å². The van der Waals surface area contributed by atoms with Crippen molar-refractivity contribution in [3.8, 4) is 11.5 Å². The van der Waals surface area contributed by atoms with Crippen molar-refractivity contribution in [2.45, 2.75) is 6.42 Å². The molecular formula is C14H17N3O3. The maximum atomic E-state index is 11.6. The molecule has 20 heavy (non-hydrogen) atoms. The SMILES string of the molecule is COc1ccccc1OCC(=O)NCCc1ncc[nH]1. The molecule has 1 aromatic heterocycles. The number of aromatic amines is 1. The van der Waals surface area contributed by atoms with Gasteiger partial charge in [-0.2, -0.15) is 0 Å². The fourth-order valence-electron chi connectivity index (χ4n) is 1.69. The molecule has 1 aromatic carbocycles. The van der Waals surface area contributed by atoms with Crippen LogP contribution in [0.2, 0.25) is 0 Å². The number of H-pyrrole nitrogens is 1. The van der Waals surface area contributed by atoms with Crippen molar-refractivity contribution < 1.29 is 14.3 Å². The Morgan fingerprint density at radius 3 is 2.85 bits per heavy atom. The number of para-hydroxylation sites is 2. The van der Waals surface area contributed by atoms with Gasteiger partial charge in [-0.3, -0.25) is 4.79 Å². The van der Waals surface area contributed by atoms with E-state index in [9.17, 15) is 4.79 Å². The summed E-state index contributed by atoms with van der Waals surface area (Å²) in [6.45, 7) is 0.472. The number of hydrogen-bond acceptors (Lipinski definition) is 4. The molecule has 0 bridgehead atoms. The zero-order valence-electron chi connectivity index (χ0n) is 11.3. The second kappa shape index (κ2) is 7.18. The maximum Gasteiger partial charge on any atom is 0.257 e. The van der Waals surface area contributed by atoms with Gasteiger partial charge in [0.2, 0.25) is 0 Å². The monoisotopic (exact) mass is 275 g/mol. The molecular weight excluding hydrogens is 258 g/mol. The number of amides is 1. The van der Waals surface area contributed by atoms with Gasteiger partial charge in [-0.1, -0.05) is 12.1 Å². The van der Waals surface area contributed by atoms with E-state index >= 15 is 0 Å². The highest BCUT2D eigenvalue weighted by Gasteiger charge is 2.06. The minimum absolute atomic E-state index is 0.0431. The van der Waals surface area contributed by atoms with Gasteiger partial charge in [0, 0.05) is 25.4 Å². The average Bonchev–Trinajstić information content (AvgIpc) is 2.98. The third kappa shape index (κ3) is 4.01. The van der Waals surface area contributed by atoms with E-state index in [1.165, 1.54) is 0 Å². The average molecular weight is 275 g/mol. The number of carbonyl (C=O) groups is 1. The van der Waals surface area contributed by atoms with E-state index in [0.29, 0.717) is 24.5 Å². The Kier molecular flexibility index (Phi) is 5.00. The summed E-state index contributed by atoms with van der Waals surface area (Å²) in [4.78, 5) is 18.7. The Morgan fingerprint density at radius 2 is 2.15 bits per heavy atom. The number of aromatic nitrogens is 2. The van der Waals surface area contributed by atoms with Crippen LogP contribution in [-0.4, -0.2) is 36.1 Å². The van der Waals surface area contributed by atoms with E-state index in [1.54, 1.807) is 31.6 Å². The van der Waals surface area contributed by atoms with E-state index in [4.69, 9.17) is 9.47 Å². The molecule has 6 nitrogen and oxygen atoms in total. The van der Waals surface area contributed by atoms with Gasteiger partial charge < -0.3 is 19.8 Å².